The van der Waals surface area contributed by atoms with Gasteiger partial charge < -0.3 is 4.74 Å². The zero-order chi connectivity index (χ0) is 15.1. The fourth-order valence-electron chi connectivity index (χ4n) is 2.03. The first-order valence-electron chi connectivity index (χ1n) is 6.90. The molecular formula is C17H18BrNO2. The van der Waals surface area contributed by atoms with Crippen LogP contribution in [0.25, 0.3) is 0 Å². The predicted octanol–water partition coefficient (Wildman–Crippen LogP) is 3.84. The second-order valence-corrected chi connectivity index (χ2v) is 5.52. The van der Waals surface area contributed by atoms with Gasteiger partial charge in [-0.25, -0.2) is 4.79 Å². The number of halogens is 1. The number of carbonyl (C=O) groups is 1. The van der Waals surface area contributed by atoms with Crippen LogP contribution >= 0.6 is 15.9 Å². The molecule has 2 aromatic rings. The van der Waals surface area contributed by atoms with E-state index in [0.29, 0.717) is 13.2 Å². The molecule has 0 heterocycles. The largest absolute Gasteiger partial charge is 0.465 e. The monoisotopic (exact) mass is 347 g/mol. The standard InChI is InChI=1S/C17H18BrNO2/c1-2-21-17(20)16(14-8-10-15(18)11-9-14)19-12-13-6-4-3-5-7-13/h3-11,16,19H,2,12H2,1H3. The van der Waals surface area contributed by atoms with E-state index in [2.05, 4.69) is 21.2 Å². The Labute approximate surface area is 133 Å². The minimum Gasteiger partial charge on any atom is -0.465 e. The Morgan fingerprint density at radius 3 is 2.43 bits per heavy atom. The van der Waals surface area contributed by atoms with Crippen LogP contribution in [0.3, 0.4) is 0 Å². The minimum absolute atomic E-state index is 0.254. The molecule has 0 aliphatic heterocycles. The van der Waals surface area contributed by atoms with E-state index in [4.69, 9.17) is 4.74 Å². The van der Waals surface area contributed by atoms with Crippen molar-refractivity contribution in [3.63, 3.8) is 0 Å². The van der Waals surface area contributed by atoms with E-state index in [9.17, 15) is 4.79 Å². The summed E-state index contributed by atoms with van der Waals surface area (Å²) in [7, 11) is 0. The maximum Gasteiger partial charge on any atom is 0.327 e. The van der Waals surface area contributed by atoms with E-state index >= 15 is 0 Å². The second-order valence-electron chi connectivity index (χ2n) is 4.60. The number of esters is 1. The van der Waals surface area contributed by atoms with Crippen LogP contribution < -0.4 is 5.32 Å². The number of carbonyl (C=O) groups excluding carboxylic acids is 1. The third kappa shape index (κ3) is 4.69. The molecule has 0 spiro atoms. The van der Waals surface area contributed by atoms with Crippen LogP contribution in [-0.4, -0.2) is 12.6 Å². The Morgan fingerprint density at radius 2 is 1.81 bits per heavy atom. The summed E-state index contributed by atoms with van der Waals surface area (Å²) in [6, 6.07) is 17.2. The molecule has 0 saturated carbocycles. The van der Waals surface area contributed by atoms with Crippen LogP contribution in [0.1, 0.15) is 24.1 Å². The van der Waals surface area contributed by atoms with Gasteiger partial charge in [0.15, 0.2) is 0 Å². The van der Waals surface area contributed by atoms with Crippen LogP contribution in [0.2, 0.25) is 0 Å². The van der Waals surface area contributed by atoms with Gasteiger partial charge in [-0.3, -0.25) is 5.32 Å². The highest BCUT2D eigenvalue weighted by molar-refractivity contribution is 9.10. The number of hydrogen-bond donors (Lipinski definition) is 1. The summed E-state index contributed by atoms with van der Waals surface area (Å²) in [6.45, 7) is 2.80. The maximum absolute atomic E-state index is 12.2. The topological polar surface area (TPSA) is 38.3 Å². The molecule has 0 aliphatic carbocycles. The average molecular weight is 348 g/mol. The van der Waals surface area contributed by atoms with Gasteiger partial charge in [-0.1, -0.05) is 58.4 Å². The number of benzene rings is 2. The van der Waals surface area contributed by atoms with E-state index in [1.54, 1.807) is 0 Å². The number of rotatable bonds is 6. The highest BCUT2D eigenvalue weighted by Crippen LogP contribution is 2.19. The van der Waals surface area contributed by atoms with Gasteiger partial charge in [-0.15, -0.1) is 0 Å². The molecule has 0 radical (unpaired) electrons. The molecule has 2 aromatic carbocycles. The molecule has 2 rings (SSSR count). The van der Waals surface area contributed by atoms with Crippen molar-refractivity contribution in [3.05, 3.63) is 70.2 Å². The lowest BCUT2D eigenvalue weighted by atomic mass is 10.1. The average Bonchev–Trinajstić information content (AvgIpc) is 2.50. The summed E-state index contributed by atoms with van der Waals surface area (Å²) in [6.07, 6.45) is 0. The van der Waals surface area contributed by atoms with Crippen molar-refractivity contribution in [2.24, 2.45) is 0 Å². The van der Waals surface area contributed by atoms with Crippen molar-refractivity contribution in [1.82, 2.24) is 5.32 Å². The fraction of sp³-hybridized carbons (Fsp3) is 0.235. The smallest absolute Gasteiger partial charge is 0.327 e. The van der Waals surface area contributed by atoms with Crippen LogP contribution in [0, 0.1) is 0 Å². The summed E-state index contributed by atoms with van der Waals surface area (Å²) in [5.74, 6) is -0.254. The lowest BCUT2D eigenvalue weighted by Crippen LogP contribution is -2.30. The summed E-state index contributed by atoms with van der Waals surface area (Å²) in [4.78, 5) is 12.2. The van der Waals surface area contributed by atoms with Crippen molar-refractivity contribution < 1.29 is 9.53 Å². The van der Waals surface area contributed by atoms with Crippen LogP contribution in [-0.2, 0) is 16.1 Å². The molecule has 3 nitrogen and oxygen atoms in total. The van der Waals surface area contributed by atoms with Gasteiger partial charge in [-0.2, -0.15) is 0 Å². The molecule has 0 amide bonds. The molecule has 0 saturated heterocycles. The molecule has 0 bridgehead atoms. The second kappa shape index (κ2) is 7.96. The Morgan fingerprint density at radius 1 is 1.14 bits per heavy atom. The number of ether oxygens (including phenoxy) is 1. The normalized spacial score (nSPS) is 11.9. The highest BCUT2D eigenvalue weighted by Gasteiger charge is 2.21. The lowest BCUT2D eigenvalue weighted by Gasteiger charge is -2.18. The number of hydrogen-bond acceptors (Lipinski definition) is 3. The van der Waals surface area contributed by atoms with Crippen LogP contribution in [0.15, 0.2) is 59.1 Å². The Balaban J connectivity index is 2.12. The van der Waals surface area contributed by atoms with Gasteiger partial charge >= 0.3 is 5.97 Å². The maximum atomic E-state index is 12.2. The third-order valence-corrected chi connectivity index (χ3v) is 3.61. The van der Waals surface area contributed by atoms with Crippen molar-refractivity contribution in [3.8, 4) is 0 Å². The highest BCUT2D eigenvalue weighted by atomic mass is 79.9. The first kappa shape index (κ1) is 15.7. The lowest BCUT2D eigenvalue weighted by molar-refractivity contribution is -0.145. The first-order valence-corrected chi connectivity index (χ1v) is 7.69. The molecule has 0 aromatic heterocycles. The summed E-state index contributed by atoms with van der Waals surface area (Å²) < 4.78 is 6.15. The van der Waals surface area contributed by atoms with Gasteiger partial charge in [0.2, 0.25) is 0 Å². The molecule has 0 aliphatic rings. The number of nitrogens with one attached hydrogen (secondary N) is 1. The van der Waals surface area contributed by atoms with Crippen molar-refractivity contribution in [1.29, 1.82) is 0 Å². The van der Waals surface area contributed by atoms with Crippen molar-refractivity contribution in [2.75, 3.05) is 6.61 Å². The molecule has 1 atom stereocenters. The third-order valence-electron chi connectivity index (χ3n) is 3.08. The quantitative estimate of drug-likeness (QED) is 0.806. The molecular weight excluding hydrogens is 330 g/mol. The van der Waals surface area contributed by atoms with Crippen LogP contribution in [0.4, 0.5) is 0 Å². The van der Waals surface area contributed by atoms with E-state index in [1.165, 1.54) is 0 Å². The van der Waals surface area contributed by atoms with E-state index < -0.39 is 6.04 Å². The van der Waals surface area contributed by atoms with Gasteiger partial charge in [0.1, 0.15) is 6.04 Å². The van der Waals surface area contributed by atoms with E-state index in [-0.39, 0.29) is 5.97 Å². The Kier molecular flexibility index (Phi) is 5.96. The van der Waals surface area contributed by atoms with E-state index in [0.717, 1.165) is 15.6 Å². The SMILES string of the molecule is CCOC(=O)C(NCc1ccccc1)c1ccc(Br)cc1. The van der Waals surface area contributed by atoms with Crippen molar-refractivity contribution in [2.45, 2.75) is 19.5 Å². The predicted molar refractivity (Wildman–Crippen MR) is 86.8 cm³/mol. The Bertz CT molecular complexity index is 569. The Hall–Kier alpha value is -1.65. The summed E-state index contributed by atoms with van der Waals surface area (Å²) in [5, 5.41) is 3.27. The van der Waals surface area contributed by atoms with Gasteiger partial charge in [0.25, 0.3) is 0 Å². The zero-order valence-corrected chi connectivity index (χ0v) is 13.5. The summed E-state index contributed by atoms with van der Waals surface area (Å²) in [5.41, 5.74) is 2.02. The van der Waals surface area contributed by atoms with E-state index in [1.807, 2.05) is 61.5 Å². The molecule has 110 valence electrons. The fourth-order valence-corrected chi connectivity index (χ4v) is 2.30. The molecule has 4 heteroatoms. The summed E-state index contributed by atoms with van der Waals surface area (Å²) >= 11 is 3.40. The molecule has 1 unspecified atom stereocenters. The van der Waals surface area contributed by atoms with Crippen LogP contribution in [0.5, 0.6) is 0 Å². The van der Waals surface area contributed by atoms with Gasteiger partial charge in [0.05, 0.1) is 6.61 Å². The molecule has 1 N–H and O–H groups in total. The molecule has 21 heavy (non-hydrogen) atoms. The van der Waals surface area contributed by atoms with Crippen molar-refractivity contribution >= 4 is 21.9 Å². The molecule has 0 fully saturated rings. The minimum atomic E-state index is -0.460. The zero-order valence-electron chi connectivity index (χ0n) is 11.9. The van der Waals surface area contributed by atoms with Gasteiger partial charge in [-0.05, 0) is 30.2 Å². The first-order chi connectivity index (χ1) is 10.2. The van der Waals surface area contributed by atoms with Gasteiger partial charge in [0, 0.05) is 11.0 Å².